The van der Waals surface area contributed by atoms with Crippen LogP contribution in [0.1, 0.15) is 57.5 Å². The van der Waals surface area contributed by atoms with Crippen LogP contribution in [0.3, 0.4) is 0 Å². The Bertz CT molecular complexity index is 1680. The number of fused-ring (bicyclic) bond motifs is 1. The number of piperazine rings is 1. The topological polar surface area (TPSA) is 92.7 Å². The lowest BCUT2D eigenvalue weighted by molar-refractivity contribution is -0.131. The summed E-state index contributed by atoms with van der Waals surface area (Å²) in [5.74, 6) is 2.06. The average molecular weight is 550 g/mol. The van der Waals surface area contributed by atoms with E-state index in [1.807, 2.05) is 41.4 Å². The lowest BCUT2D eigenvalue weighted by atomic mass is 9.78. The van der Waals surface area contributed by atoms with E-state index in [4.69, 9.17) is 15.7 Å². The summed E-state index contributed by atoms with van der Waals surface area (Å²) in [6, 6.07) is 14.8. The number of hydrogen-bond acceptors (Lipinski definition) is 6. The quantitative estimate of drug-likeness (QED) is 0.397. The van der Waals surface area contributed by atoms with Crippen LogP contribution in [0.2, 0.25) is 0 Å². The Balaban J connectivity index is 1.34. The van der Waals surface area contributed by atoms with Gasteiger partial charge in [0.2, 0.25) is 5.91 Å². The van der Waals surface area contributed by atoms with Gasteiger partial charge in [-0.2, -0.15) is 0 Å². The standard InChI is InChI=1S/C33H39N7O/c1-5-33(4,21-28-22(2)11-12-27(36-28)24-9-7-6-8-10-24)30-29-31(34)35-13-14-40(29)32(37-30)25-19-26(20-25)39-17-15-38(16-18-39)23(3)41/h6-14,21,25-26H,2,5,15-20H2,1,3-4H3,(H2,34,35)/b28-21+. The van der Waals surface area contributed by atoms with Gasteiger partial charge < -0.3 is 10.6 Å². The van der Waals surface area contributed by atoms with Crippen molar-refractivity contribution in [2.24, 2.45) is 0 Å². The van der Waals surface area contributed by atoms with E-state index >= 15 is 0 Å². The molecule has 1 atom stereocenters. The maximum Gasteiger partial charge on any atom is 0.219 e. The van der Waals surface area contributed by atoms with Gasteiger partial charge in [-0.05, 0) is 36.6 Å². The zero-order valence-corrected chi connectivity index (χ0v) is 24.3. The molecule has 8 heteroatoms. The summed E-state index contributed by atoms with van der Waals surface area (Å²) in [5.41, 5.74) is 9.91. The van der Waals surface area contributed by atoms with Crippen LogP contribution in [-0.2, 0) is 10.2 Å². The third-order valence-electron chi connectivity index (χ3n) is 9.18. The maximum atomic E-state index is 11.7. The predicted octanol–water partition coefficient (Wildman–Crippen LogP) is 3.34. The smallest absolute Gasteiger partial charge is 0.219 e. The summed E-state index contributed by atoms with van der Waals surface area (Å²) < 4.78 is 2.16. The fraction of sp³-hybridized carbons (Fsp3) is 0.394. The molecule has 0 radical (unpaired) electrons. The predicted molar refractivity (Wildman–Crippen MR) is 164 cm³/mol. The fourth-order valence-corrected chi connectivity index (χ4v) is 6.31. The van der Waals surface area contributed by atoms with Crippen molar-refractivity contribution in [3.05, 3.63) is 76.9 Å². The van der Waals surface area contributed by atoms with E-state index in [1.165, 1.54) is 0 Å². The number of anilines is 1. The molecule has 1 saturated heterocycles. The first-order valence-electron chi connectivity index (χ1n) is 14.6. The van der Waals surface area contributed by atoms with Crippen molar-refractivity contribution < 1.29 is 4.79 Å². The minimum absolute atomic E-state index is 0.169. The van der Waals surface area contributed by atoms with Crippen molar-refractivity contribution in [1.82, 2.24) is 29.2 Å². The van der Waals surface area contributed by atoms with Gasteiger partial charge in [0.15, 0.2) is 0 Å². The van der Waals surface area contributed by atoms with Crippen LogP contribution in [0.25, 0.3) is 29.4 Å². The highest BCUT2D eigenvalue weighted by atomic mass is 16.2. The fourth-order valence-electron chi connectivity index (χ4n) is 6.31. The van der Waals surface area contributed by atoms with Crippen LogP contribution in [0.4, 0.5) is 5.82 Å². The Labute approximate surface area is 241 Å². The molecule has 1 aliphatic heterocycles. The molecule has 1 amide bonds. The molecule has 2 N–H and O–H groups in total. The normalized spacial score (nSPS) is 21.5. The molecule has 3 aromatic heterocycles. The van der Waals surface area contributed by atoms with Gasteiger partial charge in [0.1, 0.15) is 17.2 Å². The second kappa shape index (κ2) is 10.7. The molecule has 1 saturated carbocycles. The van der Waals surface area contributed by atoms with Gasteiger partial charge in [-0.3, -0.25) is 14.1 Å². The second-order valence-electron chi connectivity index (χ2n) is 11.7. The van der Waals surface area contributed by atoms with Crippen LogP contribution < -0.4 is 16.3 Å². The van der Waals surface area contributed by atoms with Crippen molar-refractivity contribution >= 4 is 29.9 Å². The number of hydrogen-bond donors (Lipinski definition) is 1. The van der Waals surface area contributed by atoms with Crippen LogP contribution in [0, 0.1) is 0 Å². The van der Waals surface area contributed by atoms with Crippen molar-refractivity contribution in [2.75, 3.05) is 31.9 Å². The Morgan fingerprint density at radius 1 is 1.10 bits per heavy atom. The van der Waals surface area contributed by atoms with E-state index in [9.17, 15) is 4.79 Å². The van der Waals surface area contributed by atoms with E-state index in [1.54, 1.807) is 13.1 Å². The van der Waals surface area contributed by atoms with E-state index in [0.717, 1.165) is 84.3 Å². The largest absolute Gasteiger partial charge is 0.382 e. The molecular weight excluding hydrogens is 510 g/mol. The molecule has 0 bridgehead atoms. The Hall–Kier alpha value is -4.04. The van der Waals surface area contributed by atoms with Gasteiger partial charge in [-0.1, -0.05) is 56.8 Å². The molecule has 6 rings (SSSR count). The zero-order chi connectivity index (χ0) is 28.7. The lowest BCUT2D eigenvalue weighted by Gasteiger charge is -2.46. The Morgan fingerprint density at radius 3 is 2.51 bits per heavy atom. The van der Waals surface area contributed by atoms with Crippen LogP contribution in [-0.4, -0.2) is 67.3 Å². The van der Waals surface area contributed by atoms with Crippen LogP contribution >= 0.6 is 0 Å². The number of nitrogens with zero attached hydrogens (tertiary/aromatic N) is 6. The summed E-state index contributed by atoms with van der Waals surface area (Å²) in [5, 5.41) is 1.74. The third-order valence-corrected chi connectivity index (χ3v) is 9.18. The van der Waals surface area contributed by atoms with Gasteiger partial charge in [0.05, 0.1) is 16.7 Å². The van der Waals surface area contributed by atoms with Gasteiger partial charge in [0.25, 0.3) is 0 Å². The van der Waals surface area contributed by atoms with Crippen molar-refractivity contribution in [1.29, 1.82) is 0 Å². The molecule has 0 spiro atoms. The Kier molecular flexibility index (Phi) is 7.11. The molecule has 4 heterocycles. The molecule has 2 aliphatic rings. The molecule has 2 fully saturated rings. The first-order chi connectivity index (χ1) is 19.8. The summed E-state index contributed by atoms with van der Waals surface area (Å²) in [6.45, 7) is 13.8. The summed E-state index contributed by atoms with van der Waals surface area (Å²) in [4.78, 5) is 31.0. The average Bonchev–Trinajstić information content (AvgIpc) is 3.35. The van der Waals surface area contributed by atoms with Gasteiger partial charge in [-0.15, -0.1) is 0 Å². The number of carbonyl (C=O) groups excluding carboxylic acids is 1. The highest BCUT2D eigenvalue weighted by Crippen LogP contribution is 2.43. The molecule has 1 aromatic carbocycles. The first kappa shape index (κ1) is 27.1. The number of pyridine rings is 1. The first-order valence-corrected chi connectivity index (χ1v) is 14.6. The Morgan fingerprint density at radius 2 is 1.83 bits per heavy atom. The second-order valence-corrected chi connectivity index (χ2v) is 11.7. The maximum absolute atomic E-state index is 11.7. The van der Waals surface area contributed by atoms with Gasteiger partial charge >= 0.3 is 0 Å². The zero-order valence-electron chi connectivity index (χ0n) is 24.3. The third kappa shape index (κ3) is 5.01. The highest BCUT2D eigenvalue weighted by Gasteiger charge is 2.40. The molecule has 8 nitrogen and oxygen atoms in total. The lowest BCUT2D eigenvalue weighted by Crippen LogP contribution is -2.54. The summed E-state index contributed by atoms with van der Waals surface area (Å²) >= 11 is 0. The molecule has 4 aromatic rings. The van der Waals surface area contributed by atoms with E-state index in [2.05, 4.69) is 52.9 Å². The van der Waals surface area contributed by atoms with Crippen LogP contribution in [0.15, 0.2) is 54.9 Å². The summed E-state index contributed by atoms with van der Waals surface area (Å²) in [7, 11) is 0. The van der Waals surface area contributed by atoms with E-state index < -0.39 is 5.41 Å². The van der Waals surface area contributed by atoms with E-state index in [0.29, 0.717) is 17.8 Å². The van der Waals surface area contributed by atoms with E-state index in [-0.39, 0.29) is 5.91 Å². The van der Waals surface area contributed by atoms with Gasteiger partial charge in [0, 0.05) is 68.4 Å². The number of benzene rings is 1. The minimum atomic E-state index is -0.429. The molecular formula is C33H39N7O. The number of carbonyl (C=O) groups is 1. The highest BCUT2D eigenvalue weighted by molar-refractivity contribution is 5.74. The number of imidazole rings is 1. The van der Waals surface area contributed by atoms with Crippen LogP contribution in [0.5, 0.6) is 0 Å². The number of nitrogens with two attached hydrogens (primary N) is 1. The van der Waals surface area contributed by atoms with Crippen molar-refractivity contribution in [2.45, 2.75) is 57.4 Å². The monoisotopic (exact) mass is 549 g/mol. The number of rotatable bonds is 6. The molecule has 1 unspecified atom stereocenters. The SMILES string of the molecule is C=c1ccc(-c2ccccc2)n/c1=C/C(C)(CC)c1nc(C2CC(N3CCN(C(C)=O)CC3)C2)n2ccnc(N)c12. The number of aromatic nitrogens is 4. The summed E-state index contributed by atoms with van der Waals surface area (Å²) in [6.07, 6.45) is 8.89. The molecule has 212 valence electrons. The van der Waals surface area contributed by atoms with Crippen molar-refractivity contribution in [3.63, 3.8) is 0 Å². The molecule has 41 heavy (non-hydrogen) atoms. The van der Waals surface area contributed by atoms with Crippen molar-refractivity contribution in [3.8, 4) is 11.3 Å². The number of amides is 1. The molecule has 1 aliphatic carbocycles. The minimum Gasteiger partial charge on any atom is -0.382 e. The number of nitrogen functional groups attached to an aromatic ring is 1. The van der Waals surface area contributed by atoms with Gasteiger partial charge in [-0.25, -0.2) is 15.0 Å².